The summed E-state index contributed by atoms with van der Waals surface area (Å²) in [4.78, 5) is 0. The first kappa shape index (κ1) is 10.5. The normalized spacial score (nSPS) is 15.3. The van der Waals surface area contributed by atoms with Crippen LogP contribution in [0.3, 0.4) is 0 Å². The molecule has 1 N–H and O–H groups in total. The zero-order valence-electron chi connectivity index (χ0n) is 4.92. The first-order chi connectivity index (χ1) is 4.50. The third-order valence-electron chi connectivity index (χ3n) is 0.837. The maximum atomic E-state index is 11.6. The van der Waals surface area contributed by atoms with E-state index in [0.717, 1.165) is 0 Å². The van der Waals surface area contributed by atoms with Gasteiger partial charge in [0.05, 0.1) is 0 Å². The lowest BCUT2D eigenvalue weighted by atomic mass is 10.2. The van der Waals surface area contributed by atoms with Gasteiger partial charge in [-0.2, -0.15) is 26.3 Å². The molecule has 0 aliphatic heterocycles. The summed E-state index contributed by atoms with van der Waals surface area (Å²) in [6, 6.07) is 0. The van der Waals surface area contributed by atoms with Crippen molar-refractivity contribution in [2.75, 3.05) is 0 Å². The van der Waals surface area contributed by atoms with Crippen molar-refractivity contribution in [2.24, 2.45) is 0 Å². The van der Waals surface area contributed by atoms with E-state index in [1.807, 2.05) is 0 Å². The molecule has 0 aliphatic rings. The highest BCUT2D eigenvalue weighted by atomic mass is 19.3. The molecule has 0 aromatic carbocycles. The number of hydrogen-bond donors (Lipinski definition) is 1. The number of alkyl halides is 6. The number of rotatable bonds is 2. The predicted molar refractivity (Wildman–Crippen MR) is 22.4 cm³/mol. The quantitative estimate of drug-likeness (QED) is 0.642. The van der Waals surface area contributed by atoms with E-state index >= 15 is 0 Å². The molecule has 0 atom stereocenters. The Kier molecular flexibility index (Phi) is 2.17. The van der Waals surface area contributed by atoms with Crippen LogP contribution in [0.2, 0.25) is 0 Å². The third kappa shape index (κ3) is 1.76. The van der Waals surface area contributed by atoms with Crippen molar-refractivity contribution in [1.82, 2.24) is 0 Å². The minimum atomic E-state index is -5.85. The van der Waals surface area contributed by atoms with Crippen LogP contribution < -0.4 is 0 Å². The molecule has 0 bridgehead atoms. The highest BCUT2D eigenvalue weighted by Gasteiger charge is 2.69. The van der Waals surface area contributed by atoms with Crippen LogP contribution in [-0.2, 0) is 0 Å². The second-order valence-corrected chi connectivity index (χ2v) is 1.82. The Morgan fingerprint density at radius 3 is 1.18 bits per heavy atom. The van der Waals surface area contributed by atoms with Gasteiger partial charge in [0, 0.05) is 6.92 Å². The van der Waals surface area contributed by atoms with Crippen LogP contribution in [0.4, 0.5) is 26.3 Å². The van der Waals surface area contributed by atoms with E-state index in [1.54, 1.807) is 0 Å². The molecular weight excluding hydrogens is 178 g/mol. The van der Waals surface area contributed by atoms with Crippen LogP contribution in [0, 0.1) is 6.92 Å². The van der Waals surface area contributed by atoms with Crippen LogP contribution in [0.25, 0.3) is 0 Å². The molecule has 11 heavy (non-hydrogen) atoms. The van der Waals surface area contributed by atoms with Crippen LogP contribution in [-0.4, -0.2) is 23.1 Å². The fraction of sp³-hybridized carbons (Fsp3) is 0.750. The van der Waals surface area contributed by atoms with Crippen molar-refractivity contribution >= 4 is 0 Å². The first-order valence-corrected chi connectivity index (χ1v) is 2.21. The van der Waals surface area contributed by atoms with Crippen LogP contribution in [0.1, 0.15) is 0 Å². The van der Waals surface area contributed by atoms with Gasteiger partial charge >= 0.3 is 18.0 Å². The van der Waals surface area contributed by atoms with Gasteiger partial charge in [0.25, 0.3) is 0 Å². The summed E-state index contributed by atoms with van der Waals surface area (Å²) < 4.78 is 68.8. The minimum absolute atomic E-state index is 1.49. The van der Waals surface area contributed by atoms with Crippen LogP contribution in [0.15, 0.2) is 0 Å². The first-order valence-electron chi connectivity index (χ1n) is 2.21. The molecule has 0 aliphatic carbocycles. The lowest BCUT2D eigenvalue weighted by Crippen LogP contribution is -2.52. The summed E-state index contributed by atoms with van der Waals surface area (Å²) in [5.74, 6) is -11.1. The molecule has 0 amide bonds. The van der Waals surface area contributed by atoms with Crippen molar-refractivity contribution in [1.29, 1.82) is 0 Å². The summed E-state index contributed by atoms with van der Waals surface area (Å²) in [6.07, 6.45) is -5.77. The van der Waals surface area contributed by atoms with E-state index in [0.29, 0.717) is 0 Å². The zero-order chi connectivity index (χ0) is 9.50. The SMILES string of the molecule is [CH2]C(F)(F)C(F)(F)C(O)(F)F. The Bertz CT molecular complexity index is 126. The average Bonchev–Trinajstić information content (AvgIpc) is 1.58. The highest BCUT2D eigenvalue weighted by molar-refractivity contribution is 4.92. The van der Waals surface area contributed by atoms with Gasteiger partial charge in [0.1, 0.15) is 0 Å². The molecule has 1 nitrogen and oxygen atoms in total. The summed E-state index contributed by atoms with van der Waals surface area (Å²) >= 11 is 0. The molecule has 0 saturated heterocycles. The standard InChI is InChI=1S/C4H3F6O/c1-2(5,6)3(7,8)4(9,10)11/h11H,1H2. The molecular formula is C4H3F6O. The van der Waals surface area contributed by atoms with Gasteiger partial charge in [-0.25, -0.2) is 0 Å². The molecule has 67 valence electrons. The van der Waals surface area contributed by atoms with E-state index in [4.69, 9.17) is 5.11 Å². The monoisotopic (exact) mass is 181 g/mol. The molecule has 0 spiro atoms. The van der Waals surface area contributed by atoms with Crippen molar-refractivity contribution in [3.63, 3.8) is 0 Å². The van der Waals surface area contributed by atoms with E-state index in [1.165, 1.54) is 6.92 Å². The summed E-state index contributed by atoms with van der Waals surface area (Å²) in [5.41, 5.74) is 0. The molecule has 0 unspecified atom stereocenters. The van der Waals surface area contributed by atoms with Gasteiger partial charge in [0.15, 0.2) is 0 Å². The Hall–Kier alpha value is -0.460. The molecule has 1 radical (unpaired) electrons. The van der Waals surface area contributed by atoms with Gasteiger partial charge < -0.3 is 5.11 Å². The van der Waals surface area contributed by atoms with E-state index in [2.05, 4.69) is 0 Å². The second-order valence-electron chi connectivity index (χ2n) is 1.82. The molecule has 0 heterocycles. The average molecular weight is 181 g/mol. The van der Waals surface area contributed by atoms with Crippen LogP contribution in [0.5, 0.6) is 0 Å². The molecule has 0 saturated carbocycles. The fourth-order valence-electron chi connectivity index (χ4n) is 0.220. The lowest BCUT2D eigenvalue weighted by molar-refractivity contribution is -0.374. The Morgan fingerprint density at radius 1 is 0.909 bits per heavy atom. The smallest absolute Gasteiger partial charge is 0.331 e. The van der Waals surface area contributed by atoms with E-state index < -0.39 is 18.0 Å². The number of hydrogen-bond acceptors (Lipinski definition) is 1. The lowest BCUT2D eigenvalue weighted by Gasteiger charge is -2.26. The zero-order valence-corrected chi connectivity index (χ0v) is 4.92. The van der Waals surface area contributed by atoms with Gasteiger partial charge in [-0.3, -0.25) is 0 Å². The van der Waals surface area contributed by atoms with E-state index in [-0.39, 0.29) is 0 Å². The van der Waals surface area contributed by atoms with Gasteiger partial charge in [-0.1, -0.05) is 0 Å². The minimum Gasteiger partial charge on any atom is -0.331 e. The Labute approximate surface area is 57.6 Å². The largest absolute Gasteiger partial charge is 0.423 e. The fourth-order valence-corrected chi connectivity index (χ4v) is 0.220. The van der Waals surface area contributed by atoms with Crippen molar-refractivity contribution in [3.8, 4) is 0 Å². The number of aliphatic hydroxyl groups is 1. The van der Waals surface area contributed by atoms with Crippen molar-refractivity contribution in [2.45, 2.75) is 18.0 Å². The number of halogens is 6. The van der Waals surface area contributed by atoms with E-state index in [9.17, 15) is 26.3 Å². The maximum Gasteiger partial charge on any atom is 0.423 e. The highest BCUT2D eigenvalue weighted by Crippen LogP contribution is 2.43. The Balaban J connectivity index is 4.75. The molecule has 0 aromatic heterocycles. The Morgan fingerprint density at radius 2 is 1.18 bits per heavy atom. The topological polar surface area (TPSA) is 20.2 Å². The molecule has 0 rings (SSSR count). The molecule has 0 aromatic rings. The summed E-state index contributed by atoms with van der Waals surface area (Å²) in [7, 11) is 0. The van der Waals surface area contributed by atoms with Gasteiger partial charge in [-0.15, -0.1) is 0 Å². The van der Waals surface area contributed by atoms with Gasteiger partial charge in [-0.05, 0) is 0 Å². The summed E-state index contributed by atoms with van der Waals surface area (Å²) in [6.45, 7) is 1.49. The molecule has 0 fully saturated rings. The van der Waals surface area contributed by atoms with Crippen LogP contribution >= 0.6 is 0 Å². The predicted octanol–water partition coefficient (Wildman–Crippen LogP) is 1.68. The second kappa shape index (κ2) is 2.26. The third-order valence-corrected chi connectivity index (χ3v) is 0.837. The summed E-state index contributed by atoms with van der Waals surface area (Å²) in [5, 5.41) is 7.28. The molecule has 7 heteroatoms. The van der Waals surface area contributed by atoms with Crippen molar-refractivity contribution in [3.05, 3.63) is 6.92 Å². The van der Waals surface area contributed by atoms with Gasteiger partial charge in [0.2, 0.25) is 0 Å². The van der Waals surface area contributed by atoms with Crippen molar-refractivity contribution < 1.29 is 31.4 Å². The maximum absolute atomic E-state index is 11.6.